The van der Waals surface area contributed by atoms with Gasteiger partial charge in [-0.3, -0.25) is 0 Å². The molecule has 0 aliphatic rings. The minimum Gasteiger partial charge on any atom is -0.497 e. The maximum atomic E-state index is 12.1. The molecule has 0 fully saturated rings. The van der Waals surface area contributed by atoms with Crippen LogP contribution in [0.25, 0.3) is 0 Å². The molecular formula is C19H24N2O3. The largest absolute Gasteiger partial charge is 0.497 e. The Labute approximate surface area is 143 Å². The Balaban J connectivity index is 1.85. The van der Waals surface area contributed by atoms with Crippen LogP contribution in [0.2, 0.25) is 0 Å². The van der Waals surface area contributed by atoms with Gasteiger partial charge in [-0.25, -0.2) is 4.79 Å². The van der Waals surface area contributed by atoms with Crippen molar-refractivity contribution in [1.29, 1.82) is 0 Å². The maximum absolute atomic E-state index is 12.1. The number of ether oxygens (including phenoxy) is 2. The van der Waals surface area contributed by atoms with Gasteiger partial charge in [-0.2, -0.15) is 0 Å². The van der Waals surface area contributed by atoms with Crippen LogP contribution >= 0.6 is 0 Å². The zero-order valence-electron chi connectivity index (χ0n) is 14.3. The lowest BCUT2D eigenvalue weighted by Gasteiger charge is -2.16. The Hall–Kier alpha value is -2.69. The van der Waals surface area contributed by atoms with Gasteiger partial charge in [0.05, 0.1) is 19.8 Å². The number of benzene rings is 2. The molecule has 2 rings (SSSR count). The number of rotatable bonds is 7. The Morgan fingerprint density at radius 1 is 1.12 bits per heavy atom. The number of hydrogen-bond acceptors (Lipinski definition) is 3. The Bertz CT molecular complexity index is 656. The highest BCUT2D eigenvalue weighted by Gasteiger charge is 2.10. The van der Waals surface area contributed by atoms with Crippen LogP contribution in [0.15, 0.2) is 48.5 Å². The van der Waals surface area contributed by atoms with Gasteiger partial charge >= 0.3 is 6.03 Å². The number of urea groups is 1. The fraction of sp³-hybridized carbons (Fsp3) is 0.316. The molecule has 0 aromatic heterocycles. The third-order valence-corrected chi connectivity index (χ3v) is 3.63. The lowest BCUT2D eigenvalue weighted by atomic mass is 10.1. The van der Waals surface area contributed by atoms with E-state index in [1.165, 1.54) is 0 Å². The van der Waals surface area contributed by atoms with Crippen LogP contribution in [-0.2, 0) is 6.54 Å². The summed E-state index contributed by atoms with van der Waals surface area (Å²) in [6.45, 7) is 4.97. The van der Waals surface area contributed by atoms with E-state index in [1.54, 1.807) is 7.11 Å². The van der Waals surface area contributed by atoms with Crippen molar-refractivity contribution in [2.24, 2.45) is 0 Å². The van der Waals surface area contributed by atoms with Crippen LogP contribution in [-0.4, -0.2) is 19.7 Å². The fourth-order valence-corrected chi connectivity index (χ4v) is 2.30. The molecular weight excluding hydrogens is 304 g/mol. The van der Waals surface area contributed by atoms with Gasteiger partial charge in [0.1, 0.15) is 11.5 Å². The lowest BCUT2D eigenvalue weighted by Crippen LogP contribution is -2.36. The molecule has 128 valence electrons. The number of carbonyl (C=O) groups is 1. The predicted octanol–water partition coefficient (Wildman–Crippen LogP) is 3.65. The van der Waals surface area contributed by atoms with Gasteiger partial charge in [0.15, 0.2) is 0 Å². The van der Waals surface area contributed by atoms with E-state index < -0.39 is 0 Å². The molecule has 24 heavy (non-hydrogen) atoms. The number of amides is 2. The number of methoxy groups -OCH3 is 1. The number of carbonyl (C=O) groups excluding carboxylic acids is 1. The van der Waals surface area contributed by atoms with Crippen molar-refractivity contribution in [3.8, 4) is 11.5 Å². The van der Waals surface area contributed by atoms with Crippen LogP contribution in [0.1, 0.15) is 31.0 Å². The van der Waals surface area contributed by atoms with Gasteiger partial charge in [-0.05, 0) is 49.2 Å². The lowest BCUT2D eigenvalue weighted by molar-refractivity contribution is 0.237. The van der Waals surface area contributed by atoms with Crippen molar-refractivity contribution in [1.82, 2.24) is 10.6 Å². The fourth-order valence-electron chi connectivity index (χ4n) is 2.30. The second kappa shape index (κ2) is 8.82. The highest BCUT2D eigenvalue weighted by atomic mass is 16.5. The van der Waals surface area contributed by atoms with E-state index in [9.17, 15) is 4.79 Å². The molecule has 2 N–H and O–H groups in total. The smallest absolute Gasteiger partial charge is 0.315 e. The summed E-state index contributed by atoms with van der Waals surface area (Å²) in [5.74, 6) is 1.60. The van der Waals surface area contributed by atoms with Gasteiger partial charge < -0.3 is 20.1 Å². The molecule has 2 aromatic rings. The van der Waals surface area contributed by atoms with E-state index in [-0.39, 0.29) is 12.1 Å². The zero-order chi connectivity index (χ0) is 17.4. The Kier molecular flexibility index (Phi) is 6.49. The first kappa shape index (κ1) is 17.7. The minimum absolute atomic E-state index is 0.110. The van der Waals surface area contributed by atoms with E-state index in [0.29, 0.717) is 13.2 Å². The van der Waals surface area contributed by atoms with Gasteiger partial charge in [0, 0.05) is 6.54 Å². The van der Waals surface area contributed by atoms with Crippen LogP contribution < -0.4 is 20.1 Å². The topological polar surface area (TPSA) is 59.6 Å². The molecule has 0 spiro atoms. The van der Waals surface area contributed by atoms with Crippen molar-refractivity contribution in [2.75, 3.05) is 13.7 Å². The van der Waals surface area contributed by atoms with E-state index in [1.807, 2.05) is 62.4 Å². The normalized spacial score (nSPS) is 11.5. The van der Waals surface area contributed by atoms with Gasteiger partial charge in [-0.15, -0.1) is 0 Å². The van der Waals surface area contributed by atoms with Crippen molar-refractivity contribution in [3.05, 3.63) is 59.7 Å². The highest BCUT2D eigenvalue weighted by Crippen LogP contribution is 2.19. The van der Waals surface area contributed by atoms with E-state index in [0.717, 1.165) is 22.6 Å². The summed E-state index contributed by atoms with van der Waals surface area (Å²) < 4.78 is 10.6. The first-order chi connectivity index (χ1) is 11.6. The van der Waals surface area contributed by atoms with Crippen molar-refractivity contribution in [3.63, 3.8) is 0 Å². The summed E-state index contributed by atoms with van der Waals surface area (Å²) >= 11 is 0. The van der Waals surface area contributed by atoms with Crippen LogP contribution in [0.4, 0.5) is 4.79 Å². The molecule has 1 unspecified atom stereocenters. The van der Waals surface area contributed by atoms with Gasteiger partial charge in [0.25, 0.3) is 0 Å². The zero-order valence-corrected chi connectivity index (χ0v) is 14.3. The standard InChI is InChI=1S/C19H24N2O3/c1-4-24-18-7-5-6-16(12-18)14(2)21-19(22)20-13-15-8-10-17(23-3)11-9-15/h5-12,14H,4,13H2,1-3H3,(H2,20,21,22). The number of nitrogens with one attached hydrogen (secondary N) is 2. The van der Waals surface area contributed by atoms with Crippen molar-refractivity contribution >= 4 is 6.03 Å². The molecule has 0 saturated heterocycles. The Morgan fingerprint density at radius 2 is 1.88 bits per heavy atom. The molecule has 0 aliphatic heterocycles. The first-order valence-corrected chi connectivity index (χ1v) is 8.02. The average Bonchev–Trinajstić information content (AvgIpc) is 2.61. The molecule has 5 heteroatoms. The van der Waals surface area contributed by atoms with Crippen LogP contribution in [0.3, 0.4) is 0 Å². The third-order valence-electron chi connectivity index (χ3n) is 3.63. The van der Waals surface area contributed by atoms with E-state index in [2.05, 4.69) is 10.6 Å². The van der Waals surface area contributed by atoms with Crippen LogP contribution in [0.5, 0.6) is 11.5 Å². The van der Waals surface area contributed by atoms with Gasteiger partial charge in [-0.1, -0.05) is 24.3 Å². The van der Waals surface area contributed by atoms with Crippen molar-refractivity contribution in [2.45, 2.75) is 26.4 Å². The molecule has 0 aliphatic carbocycles. The summed E-state index contributed by atoms with van der Waals surface area (Å²) in [5.41, 5.74) is 2.01. The third kappa shape index (κ3) is 5.19. The summed E-state index contributed by atoms with van der Waals surface area (Å²) in [6.07, 6.45) is 0. The summed E-state index contributed by atoms with van der Waals surface area (Å²) in [4.78, 5) is 12.1. The average molecular weight is 328 g/mol. The summed E-state index contributed by atoms with van der Waals surface area (Å²) in [5, 5.41) is 5.78. The summed E-state index contributed by atoms with van der Waals surface area (Å²) in [6, 6.07) is 15.0. The monoisotopic (exact) mass is 328 g/mol. The molecule has 0 saturated carbocycles. The van der Waals surface area contributed by atoms with E-state index >= 15 is 0 Å². The molecule has 1 atom stereocenters. The van der Waals surface area contributed by atoms with Crippen molar-refractivity contribution < 1.29 is 14.3 Å². The molecule has 2 aromatic carbocycles. The first-order valence-electron chi connectivity index (χ1n) is 8.02. The maximum Gasteiger partial charge on any atom is 0.315 e. The summed E-state index contributed by atoms with van der Waals surface area (Å²) in [7, 11) is 1.63. The highest BCUT2D eigenvalue weighted by molar-refractivity contribution is 5.74. The van der Waals surface area contributed by atoms with E-state index in [4.69, 9.17) is 9.47 Å². The minimum atomic E-state index is -0.208. The SMILES string of the molecule is CCOc1cccc(C(C)NC(=O)NCc2ccc(OC)cc2)c1. The molecule has 0 heterocycles. The molecule has 0 radical (unpaired) electrons. The van der Waals surface area contributed by atoms with Gasteiger partial charge in [0.2, 0.25) is 0 Å². The second-order valence-electron chi connectivity index (χ2n) is 5.40. The predicted molar refractivity (Wildman–Crippen MR) is 94.4 cm³/mol. The number of hydrogen-bond donors (Lipinski definition) is 2. The molecule has 5 nitrogen and oxygen atoms in total. The second-order valence-corrected chi connectivity index (χ2v) is 5.40. The molecule has 2 amide bonds. The molecule has 0 bridgehead atoms. The quantitative estimate of drug-likeness (QED) is 0.815. The Morgan fingerprint density at radius 3 is 2.54 bits per heavy atom. The van der Waals surface area contributed by atoms with Crippen LogP contribution in [0, 0.1) is 0 Å².